The van der Waals surface area contributed by atoms with Crippen molar-refractivity contribution in [2.45, 2.75) is 46.1 Å². The molecule has 0 saturated heterocycles. The number of amides is 1. The van der Waals surface area contributed by atoms with E-state index in [-0.39, 0.29) is 11.8 Å². The number of carboxylic acid groups (broad SMARTS) is 1. The Morgan fingerprint density at radius 3 is 2.31 bits per heavy atom. The van der Waals surface area contributed by atoms with Crippen molar-refractivity contribution in [3.8, 4) is 22.5 Å². The Hall–Kier alpha value is -3.55. The minimum Gasteiger partial charge on any atom is -0.480 e. The molecule has 0 fully saturated rings. The van der Waals surface area contributed by atoms with Gasteiger partial charge in [-0.2, -0.15) is 0 Å². The lowest BCUT2D eigenvalue weighted by molar-refractivity contribution is -0.142. The number of carboxylic acids is 1. The molecule has 0 saturated carbocycles. The molecule has 32 heavy (non-hydrogen) atoms. The summed E-state index contributed by atoms with van der Waals surface area (Å²) in [6.07, 6.45) is 2.38. The highest BCUT2D eigenvalue weighted by Gasteiger charge is 2.29. The van der Waals surface area contributed by atoms with Gasteiger partial charge in [-0.3, -0.25) is 4.79 Å². The van der Waals surface area contributed by atoms with Crippen LogP contribution in [0.2, 0.25) is 0 Å². The van der Waals surface area contributed by atoms with Gasteiger partial charge in [0.05, 0.1) is 0 Å². The van der Waals surface area contributed by atoms with E-state index in [2.05, 4.69) is 22.4 Å². The molecule has 0 unspecified atom stereocenters. The first-order valence-electron chi connectivity index (χ1n) is 10.8. The number of anilines is 1. The van der Waals surface area contributed by atoms with Crippen LogP contribution in [0, 0.1) is 5.92 Å². The molecular weight excluding hydrogens is 406 g/mol. The van der Waals surface area contributed by atoms with Crippen molar-refractivity contribution in [3.63, 3.8) is 0 Å². The van der Waals surface area contributed by atoms with Crippen molar-refractivity contribution in [1.82, 2.24) is 20.2 Å². The molecule has 0 bridgehead atoms. The molecule has 3 rings (SSSR count). The highest BCUT2D eigenvalue weighted by Crippen LogP contribution is 2.33. The van der Waals surface area contributed by atoms with Crippen molar-refractivity contribution in [2.75, 3.05) is 11.9 Å². The van der Waals surface area contributed by atoms with Gasteiger partial charge >= 0.3 is 5.97 Å². The Balaban J connectivity index is 1.96. The molecule has 3 aromatic rings. The van der Waals surface area contributed by atoms with E-state index in [9.17, 15) is 14.7 Å². The van der Waals surface area contributed by atoms with E-state index in [0.717, 1.165) is 35.2 Å². The van der Waals surface area contributed by atoms with E-state index in [0.29, 0.717) is 12.2 Å². The van der Waals surface area contributed by atoms with Crippen LogP contribution in [0.3, 0.4) is 0 Å². The molecule has 1 atom stereocenters. The Bertz CT molecular complexity index is 1080. The molecule has 8 heteroatoms. The van der Waals surface area contributed by atoms with Crippen LogP contribution in [-0.2, 0) is 9.59 Å². The fraction of sp³-hybridized carbons (Fsp3) is 0.375. The van der Waals surface area contributed by atoms with E-state index < -0.39 is 12.0 Å². The number of tetrazole rings is 1. The maximum Gasteiger partial charge on any atom is 0.328 e. The Morgan fingerprint density at radius 2 is 1.72 bits per heavy atom. The summed E-state index contributed by atoms with van der Waals surface area (Å²) < 4.78 is 1.38. The SMILES string of the molecule is CCCCC(=O)N(C)c1ccc(-c2ccccc2-c2nnnn2[C@H](C(=O)O)C(C)C)cc1. The molecule has 1 heterocycles. The van der Waals surface area contributed by atoms with Gasteiger partial charge in [-0.25, -0.2) is 9.48 Å². The second-order valence-electron chi connectivity index (χ2n) is 8.12. The average Bonchev–Trinajstić information content (AvgIpc) is 3.25. The van der Waals surface area contributed by atoms with Crippen LogP contribution in [0.1, 0.15) is 46.1 Å². The lowest BCUT2D eigenvalue weighted by atomic mass is 9.98. The number of aromatic nitrogens is 4. The predicted molar refractivity (Wildman–Crippen MR) is 123 cm³/mol. The quantitative estimate of drug-likeness (QED) is 0.533. The summed E-state index contributed by atoms with van der Waals surface area (Å²) in [4.78, 5) is 25.9. The molecule has 0 spiro atoms. The van der Waals surface area contributed by atoms with Crippen molar-refractivity contribution < 1.29 is 14.7 Å². The van der Waals surface area contributed by atoms with Crippen LogP contribution in [0.4, 0.5) is 5.69 Å². The Morgan fingerprint density at radius 1 is 1.06 bits per heavy atom. The van der Waals surface area contributed by atoms with Crippen molar-refractivity contribution >= 4 is 17.6 Å². The minimum absolute atomic E-state index is 0.0903. The van der Waals surface area contributed by atoms with Gasteiger partial charge in [0.1, 0.15) is 0 Å². The molecule has 1 aromatic heterocycles. The number of carbonyl (C=O) groups is 2. The fourth-order valence-corrected chi connectivity index (χ4v) is 3.66. The third-order valence-electron chi connectivity index (χ3n) is 5.49. The molecule has 0 aliphatic carbocycles. The molecule has 0 aliphatic heterocycles. The van der Waals surface area contributed by atoms with Crippen LogP contribution >= 0.6 is 0 Å². The van der Waals surface area contributed by atoms with E-state index in [1.54, 1.807) is 11.9 Å². The normalized spacial score (nSPS) is 12.0. The molecule has 0 aliphatic rings. The second-order valence-corrected chi connectivity index (χ2v) is 8.12. The predicted octanol–water partition coefficient (Wildman–Crippen LogP) is 4.44. The first-order valence-corrected chi connectivity index (χ1v) is 10.8. The maximum atomic E-state index is 12.3. The zero-order valence-corrected chi connectivity index (χ0v) is 18.9. The van der Waals surface area contributed by atoms with Gasteiger partial charge in [-0.15, -0.1) is 5.10 Å². The van der Waals surface area contributed by atoms with Gasteiger partial charge in [-0.1, -0.05) is 63.6 Å². The van der Waals surface area contributed by atoms with Crippen LogP contribution in [0.5, 0.6) is 0 Å². The molecule has 168 valence electrons. The number of benzene rings is 2. The van der Waals surface area contributed by atoms with E-state index in [1.807, 2.05) is 62.4 Å². The van der Waals surface area contributed by atoms with Gasteiger partial charge in [-0.05, 0) is 46.0 Å². The van der Waals surface area contributed by atoms with Gasteiger partial charge in [0.15, 0.2) is 11.9 Å². The Labute approximate surface area is 187 Å². The molecule has 8 nitrogen and oxygen atoms in total. The number of hydrogen-bond acceptors (Lipinski definition) is 5. The molecular formula is C24H29N5O3. The standard InChI is InChI=1S/C24H29N5O3/c1-5-6-11-21(30)28(4)18-14-12-17(13-15-18)19-9-7-8-10-20(19)23-25-26-27-29(23)22(16(2)3)24(31)32/h7-10,12-16,22H,5-6,11H2,1-4H3,(H,31,32)/t22-/m0/s1. The highest BCUT2D eigenvalue weighted by atomic mass is 16.4. The summed E-state index contributed by atoms with van der Waals surface area (Å²) in [6, 6.07) is 14.5. The number of carbonyl (C=O) groups excluding carboxylic acids is 1. The number of nitrogens with zero attached hydrogens (tertiary/aromatic N) is 5. The summed E-state index contributed by atoms with van der Waals surface area (Å²) in [7, 11) is 1.78. The summed E-state index contributed by atoms with van der Waals surface area (Å²) >= 11 is 0. The van der Waals surface area contributed by atoms with Gasteiger partial charge < -0.3 is 10.0 Å². The summed E-state index contributed by atoms with van der Waals surface area (Å²) in [5.74, 6) is -0.682. The van der Waals surface area contributed by atoms with Gasteiger partial charge in [0.25, 0.3) is 0 Å². The van der Waals surface area contributed by atoms with E-state index >= 15 is 0 Å². The van der Waals surface area contributed by atoms with Crippen LogP contribution in [0.25, 0.3) is 22.5 Å². The third-order valence-corrected chi connectivity index (χ3v) is 5.49. The monoisotopic (exact) mass is 435 g/mol. The van der Waals surface area contributed by atoms with E-state index in [1.165, 1.54) is 4.68 Å². The lowest BCUT2D eigenvalue weighted by Gasteiger charge is -2.19. The van der Waals surface area contributed by atoms with E-state index in [4.69, 9.17) is 0 Å². The van der Waals surface area contributed by atoms with Crippen LogP contribution in [0.15, 0.2) is 48.5 Å². The molecule has 0 radical (unpaired) electrons. The molecule has 1 amide bonds. The summed E-state index contributed by atoms with van der Waals surface area (Å²) in [5, 5.41) is 21.6. The number of hydrogen-bond donors (Lipinski definition) is 1. The first kappa shape index (κ1) is 23.1. The first-order chi connectivity index (χ1) is 15.3. The van der Waals surface area contributed by atoms with Gasteiger partial charge in [0, 0.05) is 24.7 Å². The smallest absolute Gasteiger partial charge is 0.328 e. The molecule has 1 N–H and O–H groups in total. The fourth-order valence-electron chi connectivity index (χ4n) is 3.66. The lowest BCUT2D eigenvalue weighted by Crippen LogP contribution is -2.26. The van der Waals surface area contributed by atoms with Crippen molar-refractivity contribution in [1.29, 1.82) is 0 Å². The average molecular weight is 436 g/mol. The second kappa shape index (κ2) is 10.2. The maximum absolute atomic E-state index is 12.3. The Kier molecular flexibility index (Phi) is 7.35. The summed E-state index contributed by atoms with van der Waals surface area (Å²) in [6.45, 7) is 5.72. The van der Waals surface area contributed by atoms with Crippen molar-refractivity contribution in [3.05, 3.63) is 48.5 Å². The van der Waals surface area contributed by atoms with Crippen LogP contribution in [-0.4, -0.2) is 44.2 Å². The largest absolute Gasteiger partial charge is 0.480 e. The third kappa shape index (κ3) is 4.85. The number of unbranched alkanes of at least 4 members (excludes halogenated alkanes) is 1. The number of rotatable bonds is 9. The highest BCUT2D eigenvalue weighted by molar-refractivity contribution is 5.93. The topological polar surface area (TPSA) is 101 Å². The number of aliphatic carboxylic acids is 1. The van der Waals surface area contributed by atoms with Crippen LogP contribution < -0.4 is 4.90 Å². The zero-order valence-electron chi connectivity index (χ0n) is 18.9. The zero-order chi connectivity index (χ0) is 23.3. The molecule has 2 aromatic carbocycles. The van der Waals surface area contributed by atoms with Crippen molar-refractivity contribution in [2.24, 2.45) is 5.92 Å². The minimum atomic E-state index is -0.980. The van der Waals surface area contributed by atoms with Gasteiger partial charge in [0.2, 0.25) is 5.91 Å². The summed E-state index contributed by atoms with van der Waals surface area (Å²) in [5.41, 5.74) is 3.36.